The van der Waals surface area contributed by atoms with Crippen LogP contribution in [0.3, 0.4) is 0 Å². The molecule has 0 saturated carbocycles. The standard InChI is InChI=1S/C24H23NO3S/c26-24(25(16-18-6-5-15-29-18)17-11-13-27-14-12-17)23-19-7-1-3-9-21(19)28-22-10-4-2-8-20(22)23/h1-10,15,17,23H,11-14,16H2. The fourth-order valence-electron chi connectivity index (χ4n) is 4.30. The lowest BCUT2D eigenvalue weighted by Crippen LogP contribution is -2.45. The molecule has 2 aromatic carbocycles. The van der Waals surface area contributed by atoms with Crippen LogP contribution in [0.15, 0.2) is 66.0 Å². The number of carbonyl (C=O) groups is 1. The summed E-state index contributed by atoms with van der Waals surface area (Å²) in [6, 6.07) is 20.1. The van der Waals surface area contributed by atoms with E-state index >= 15 is 0 Å². The molecule has 3 heterocycles. The Morgan fingerprint density at radius 3 is 2.21 bits per heavy atom. The van der Waals surface area contributed by atoms with Gasteiger partial charge in [0.25, 0.3) is 0 Å². The van der Waals surface area contributed by atoms with Gasteiger partial charge in [-0.15, -0.1) is 11.3 Å². The van der Waals surface area contributed by atoms with E-state index < -0.39 is 0 Å². The quantitative estimate of drug-likeness (QED) is 0.599. The molecule has 2 aliphatic rings. The molecule has 1 amide bonds. The van der Waals surface area contributed by atoms with Gasteiger partial charge in [-0.3, -0.25) is 4.79 Å². The molecule has 0 radical (unpaired) electrons. The minimum atomic E-state index is -0.348. The summed E-state index contributed by atoms with van der Waals surface area (Å²) in [6.07, 6.45) is 1.76. The van der Waals surface area contributed by atoms with Crippen LogP contribution in [-0.4, -0.2) is 30.1 Å². The summed E-state index contributed by atoms with van der Waals surface area (Å²) in [7, 11) is 0. The van der Waals surface area contributed by atoms with E-state index in [1.807, 2.05) is 54.6 Å². The predicted octanol–water partition coefficient (Wildman–Crippen LogP) is 5.19. The van der Waals surface area contributed by atoms with Crippen LogP contribution < -0.4 is 4.74 Å². The van der Waals surface area contributed by atoms with E-state index in [1.165, 1.54) is 4.88 Å². The Labute approximate surface area is 174 Å². The largest absolute Gasteiger partial charge is 0.457 e. The molecule has 0 atom stereocenters. The molecule has 0 N–H and O–H groups in total. The van der Waals surface area contributed by atoms with Gasteiger partial charge in [0, 0.05) is 35.3 Å². The fraction of sp³-hybridized carbons (Fsp3) is 0.292. The Hall–Kier alpha value is -2.63. The number of para-hydroxylation sites is 2. The monoisotopic (exact) mass is 405 g/mol. The van der Waals surface area contributed by atoms with Gasteiger partial charge in [-0.1, -0.05) is 42.5 Å². The van der Waals surface area contributed by atoms with Crippen molar-refractivity contribution >= 4 is 17.2 Å². The van der Waals surface area contributed by atoms with Gasteiger partial charge in [0.15, 0.2) is 0 Å². The minimum Gasteiger partial charge on any atom is -0.457 e. The Morgan fingerprint density at radius 1 is 0.931 bits per heavy atom. The maximum atomic E-state index is 14.1. The number of rotatable bonds is 4. The summed E-state index contributed by atoms with van der Waals surface area (Å²) in [4.78, 5) is 17.4. The summed E-state index contributed by atoms with van der Waals surface area (Å²) in [5.41, 5.74) is 1.89. The van der Waals surface area contributed by atoms with E-state index in [0.717, 1.165) is 35.5 Å². The number of fused-ring (bicyclic) bond motifs is 2. The number of hydrogen-bond acceptors (Lipinski definition) is 4. The average Bonchev–Trinajstić information content (AvgIpc) is 3.29. The van der Waals surface area contributed by atoms with Crippen molar-refractivity contribution in [2.45, 2.75) is 31.3 Å². The van der Waals surface area contributed by atoms with Gasteiger partial charge in [-0.25, -0.2) is 0 Å². The Balaban J connectivity index is 1.56. The summed E-state index contributed by atoms with van der Waals surface area (Å²) in [5, 5.41) is 2.07. The Morgan fingerprint density at radius 2 is 1.59 bits per heavy atom. The first-order valence-corrected chi connectivity index (χ1v) is 11.0. The normalized spacial score (nSPS) is 16.6. The van der Waals surface area contributed by atoms with Crippen LogP contribution in [0.4, 0.5) is 0 Å². The van der Waals surface area contributed by atoms with Crippen molar-refractivity contribution in [1.82, 2.24) is 4.90 Å². The number of amides is 1. The van der Waals surface area contributed by atoms with Gasteiger partial charge in [-0.2, -0.15) is 0 Å². The molecule has 1 saturated heterocycles. The van der Waals surface area contributed by atoms with Crippen LogP contribution in [0, 0.1) is 0 Å². The number of benzene rings is 2. The van der Waals surface area contributed by atoms with Crippen LogP contribution in [0.2, 0.25) is 0 Å². The number of thiophene rings is 1. The van der Waals surface area contributed by atoms with Crippen molar-refractivity contribution in [1.29, 1.82) is 0 Å². The summed E-state index contributed by atoms with van der Waals surface area (Å²) in [6.45, 7) is 2.06. The third-order valence-corrected chi connectivity index (χ3v) is 6.61. The smallest absolute Gasteiger partial charge is 0.235 e. The molecule has 0 bridgehead atoms. The van der Waals surface area contributed by atoms with Gasteiger partial charge < -0.3 is 14.4 Å². The van der Waals surface area contributed by atoms with Gasteiger partial charge in [0.05, 0.1) is 12.5 Å². The lowest BCUT2D eigenvalue weighted by molar-refractivity contribution is -0.137. The highest BCUT2D eigenvalue weighted by Gasteiger charge is 2.37. The van der Waals surface area contributed by atoms with E-state index in [1.54, 1.807) is 11.3 Å². The van der Waals surface area contributed by atoms with E-state index in [4.69, 9.17) is 9.47 Å². The number of carbonyl (C=O) groups excluding carboxylic acids is 1. The number of nitrogens with zero attached hydrogens (tertiary/aromatic N) is 1. The number of hydrogen-bond donors (Lipinski definition) is 0. The topological polar surface area (TPSA) is 38.8 Å². The third kappa shape index (κ3) is 3.56. The molecule has 1 fully saturated rings. The molecule has 0 spiro atoms. The van der Waals surface area contributed by atoms with Gasteiger partial charge in [-0.05, 0) is 36.4 Å². The lowest BCUT2D eigenvalue weighted by atomic mass is 9.86. The second-order valence-corrected chi connectivity index (χ2v) is 8.53. The highest BCUT2D eigenvalue weighted by atomic mass is 32.1. The molecular formula is C24H23NO3S. The van der Waals surface area contributed by atoms with Crippen LogP contribution >= 0.6 is 11.3 Å². The van der Waals surface area contributed by atoms with Crippen LogP contribution in [0.25, 0.3) is 0 Å². The highest BCUT2D eigenvalue weighted by Crippen LogP contribution is 2.45. The first-order valence-electron chi connectivity index (χ1n) is 10.1. The Kier molecular flexibility index (Phi) is 5.08. The van der Waals surface area contributed by atoms with E-state index in [-0.39, 0.29) is 17.9 Å². The average molecular weight is 406 g/mol. The summed E-state index contributed by atoms with van der Waals surface area (Å²) < 4.78 is 11.7. The SMILES string of the molecule is O=C(C1c2ccccc2Oc2ccccc21)N(Cc1cccs1)C1CCOCC1. The van der Waals surface area contributed by atoms with Crippen molar-refractivity contribution in [3.63, 3.8) is 0 Å². The molecule has 148 valence electrons. The van der Waals surface area contributed by atoms with E-state index in [2.05, 4.69) is 16.3 Å². The second kappa shape index (κ2) is 8.01. The summed E-state index contributed by atoms with van der Waals surface area (Å²) >= 11 is 1.70. The molecule has 2 aliphatic heterocycles. The zero-order valence-electron chi connectivity index (χ0n) is 16.1. The van der Waals surface area contributed by atoms with E-state index in [0.29, 0.717) is 19.8 Å². The molecule has 29 heavy (non-hydrogen) atoms. The van der Waals surface area contributed by atoms with Crippen molar-refractivity contribution in [3.05, 3.63) is 82.0 Å². The van der Waals surface area contributed by atoms with E-state index in [9.17, 15) is 4.79 Å². The lowest BCUT2D eigenvalue weighted by Gasteiger charge is -2.38. The van der Waals surface area contributed by atoms with Crippen molar-refractivity contribution in [3.8, 4) is 11.5 Å². The first kappa shape index (κ1) is 18.4. The second-order valence-electron chi connectivity index (χ2n) is 7.50. The maximum Gasteiger partial charge on any atom is 0.235 e. The molecule has 4 nitrogen and oxygen atoms in total. The van der Waals surface area contributed by atoms with Gasteiger partial charge in [0.2, 0.25) is 5.91 Å². The van der Waals surface area contributed by atoms with Crippen LogP contribution in [-0.2, 0) is 16.1 Å². The highest BCUT2D eigenvalue weighted by molar-refractivity contribution is 7.09. The third-order valence-electron chi connectivity index (χ3n) is 5.75. The van der Waals surface area contributed by atoms with Crippen LogP contribution in [0.1, 0.15) is 34.8 Å². The predicted molar refractivity (Wildman–Crippen MR) is 114 cm³/mol. The molecule has 0 unspecified atom stereocenters. The molecule has 3 aromatic rings. The van der Waals surface area contributed by atoms with Crippen molar-refractivity contribution in [2.75, 3.05) is 13.2 Å². The molecule has 0 aliphatic carbocycles. The van der Waals surface area contributed by atoms with Gasteiger partial charge >= 0.3 is 0 Å². The fourth-order valence-corrected chi connectivity index (χ4v) is 5.00. The van der Waals surface area contributed by atoms with Gasteiger partial charge in [0.1, 0.15) is 11.5 Å². The van der Waals surface area contributed by atoms with Crippen LogP contribution in [0.5, 0.6) is 11.5 Å². The first-order chi connectivity index (χ1) is 14.3. The number of ether oxygens (including phenoxy) is 2. The molecule has 5 heteroatoms. The summed E-state index contributed by atoms with van der Waals surface area (Å²) in [5.74, 6) is 1.34. The zero-order valence-corrected chi connectivity index (χ0v) is 16.9. The molecule has 1 aromatic heterocycles. The van der Waals surface area contributed by atoms with Crippen molar-refractivity contribution < 1.29 is 14.3 Å². The Bertz CT molecular complexity index is 949. The minimum absolute atomic E-state index is 0.147. The molecular weight excluding hydrogens is 382 g/mol. The molecule has 5 rings (SSSR count). The van der Waals surface area contributed by atoms with Crippen molar-refractivity contribution in [2.24, 2.45) is 0 Å². The zero-order chi connectivity index (χ0) is 19.6. The maximum absolute atomic E-state index is 14.1.